The average molecular weight is 322 g/mol. The van der Waals surface area contributed by atoms with Gasteiger partial charge in [-0.2, -0.15) is 0 Å². The molecule has 4 rings (SSSR count). The topological polar surface area (TPSA) is 72.9 Å². The van der Waals surface area contributed by atoms with Gasteiger partial charge in [-0.1, -0.05) is 12.1 Å². The van der Waals surface area contributed by atoms with Gasteiger partial charge in [-0.25, -0.2) is 4.98 Å². The molecule has 0 saturated carbocycles. The third-order valence-electron chi connectivity index (χ3n) is 4.37. The molecule has 0 spiro atoms. The van der Waals surface area contributed by atoms with Gasteiger partial charge in [0.2, 0.25) is 0 Å². The Labute approximate surface area is 139 Å². The molecule has 0 amide bonds. The average Bonchev–Trinajstić information content (AvgIpc) is 2.96. The van der Waals surface area contributed by atoms with Crippen molar-refractivity contribution in [3.8, 4) is 11.1 Å². The standard InChI is InChI=1S/C18H18N4O2/c19-18-16(12-23)22-11-14(3-6-17(22)20-18)13-1-4-15(5-2-13)21-7-9-24-10-8-21/h1-6,11-12H,7-10,19H2. The molecule has 1 aromatic carbocycles. The van der Waals surface area contributed by atoms with Crippen LogP contribution in [0.1, 0.15) is 10.5 Å². The number of aromatic nitrogens is 2. The zero-order valence-corrected chi connectivity index (χ0v) is 13.2. The van der Waals surface area contributed by atoms with Crippen molar-refractivity contribution in [2.45, 2.75) is 0 Å². The number of anilines is 2. The zero-order chi connectivity index (χ0) is 16.5. The van der Waals surface area contributed by atoms with E-state index in [2.05, 4.69) is 34.1 Å². The van der Waals surface area contributed by atoms with E-state index in [9.17, 15) is 4.79 Å². The van der Waals surface area contributed by atoms with E-state index >= 15 is 0 Å². The number of carbonyl (C=O) groups is 1. The SMILES string of the molecule is Nc1nc2ccc(-c3ccc(N4CCOCC4)cc3)cn2c1C=O. The largest absolute Gasteiger partial charge is 0.382 e. The lowest BCUT2D eigenvalue weighted by atomic mass is 10.1. The highest BCUT2D eigenvalue weighted by molar-refractivity contribution is 5.82. The van der Waals surface area contributed by atoms with Crippen molar-refractivity contribution in [1.29, 1.82) is 0 Å². The molecule has 24 heavy (non-hydrogen) atoms. The van der Waals surface area contributed by atoms with Crippen molar-refractivity contribution >= 4 is 23.4 Å². The second-order valence-electron chi connectivity index (χ2n) is 5.79. The molecule has 1 saturated heterocycles. The summed E-state index contributed by atoms with van der Waals surface area (Å²) in [7, 11) is 0. The molecular weight excluding hydrogens is 304 g/mol. The van der Waals surface area contributed by atoms with Crippen LogP contribution in [0.15, 0.2) is 42.6 Å². The number of nitrogens with zero attached hydrogens (tertiary/aromatic N) is 3. The Kier molecular flexibility index (Phi) is 3.66. The van der Waals surface area contributed by atoms with E-state index in [1.165, 1.54) is 5.69 Å². The molecule has 122 valence electrons. The summed E-state index contributed by atoms with van der Waals surface area (Å²) in [6.07, 6.45) is 2.63. The first-order chi connectivity index (χ1) is 11.8. The Hall–Kier alpha value is -2.86. The number of nitrogen functional groups attached to an aromatic ring is 1. The van der Waals surface area contributed by atoms with Gasteiger partial charge in [0.05, 0.1) is 13.2 Å². The lowest BCUT2D eigenvalue weighted by Gasteiger charge is -2.28. The fourth-order valence-corrected chi connectivity index (χ4v) is 3.06. The van der Waals surface area contributed by atoms with Crippen LogP contribution in [0.2, 0.25) is 0 Å². The minimum absolute atomic E-state index is 0.254. The third kappa shape index (κ3) is 2.51. The summed E-state index contributed by atoms with van der Waals surface area (Å²) >= 11 is 0. The molecule has 0 aliphatic carbocycles. The quantitative estimate of drug-likeness (QED) is 0.749. The predicted octanol–water partition coefficient (Wildman–Crippen LogP) is 2.23. The van der Waals surface area contributed by atoms with E-state index in [0.29, 0.717) is 11.3 Å². The van der Waals surface area contributed by atoms with Crippen LogP contribution in [0.3, 0.4) is 0 Å². The highest BCUT2D eigenvalue weighted by Crippen LogP contribution is 2.25. The van der Waals surface area contributed by atoms with Gasteiger partial charge >= 0.3 is 0 Å². The number of benzene rings is 1. The van der Waals surface area contributed by atoms with Crippen LogP contribution in [0.4, 0.5) is 11.5 Å². The second-order valence-corrected chi connectivity index (χ2v) is 5.79. The van der Waals surface area contributed by atoms with Gasteiger partial charge < -0.3 is 15.4 Å². The Bertz CT molecular complexity index is 880. The Morgan fingerprint density at radius 3 is 2.46 bits per heavy atom. The Balaban J connectivity index is 1.68. The minimum Gasteiger partial charge on any atom is -0.382 e. The number of imidazole rings is 1. The highest BCUT2D eigenvalue weighted by atomic mass is 16.5. The molecule has 6 heteroatoms. The summed E-state index contributed by atoms with van der Waals surface area (Å²) in [4.78, 5) is 17.7. The van der Waals surface area contributed by atoms with Crippen molar-refractivity contribution in [2.75, 3.05) is 36.9 Å². The van der Waals surface area contributed by atoms with Crippen LogP contribution in [0.5, 0.6) is 0 Å². The van der Waals surface area contributed by atoms with Crippen molar-refractivity contribution in [2.24, 2.45) is 0 Å². The van der Waals surface area contributed by atoms with Crippen LogP contribution < -0.4 is 10.6 Å². The van der Waals surface area contributed by atoms with E-state index in [4.69, 9.17) is 10.5 Å². The normalized spacial score (nSPS) is 14.9. The number of nitrogens with two attached hydrogens (primary N) is 1. The number of carbonyl (C=O) groups excluding carboxylic acids is 1. The summed E-state index contributed by atoms with van der Waals surface area (Å²) < 4.78 is 7.12. The summed E-state index contributed by atoms with van der Waals surface area (Å²) in [6.45, 7) is 3.38. The summed E-state index contributed by atoms with van der Waals surface area (Å²) in [5, 5.41) is 0. The van der Waals surface area contributed by atoms with Crippen LogP contribution in [0.25, 0.3) is 16.8 Å². The number of hydrogen-bond donors (Lipinski definition) is 1. The van der Waals surface area contributed by atoms with Gasteiger partial charge in [0, 0.05) is 25.0 Å². The lowest BCUT2D eigenvalue weighted by molar-refractivity contribution is 0.111. The zero-order valence-electron chi connectivity index (χ0n) is 13.2. The number of morpholine rings is 1. The van der Waals surface area contributed by atoms with Crippen LogP contribution in [-0.2, 0) is 4.74 Å². The van der Waals surface area contributed by atoms with Gasteiger partial charge in [-0.3, -0.25) is 9.20 Å². The van der Waals surface area contributed by atoms with Gasteiger partial charge in [-0.15, -0.1) is 0 Å². The molecule has 0 bridgehead atoms. The first-order valence-corrected chi connectivity index (χ1v) is 7.92. The van der Waals surface area contributed by atoms with Gasteiger partial charge in [0.15, 0.2) is 12.1 Å². The van der Waals surface area contributed by atoms with Gasteiger partial charge in [0.25, 0.3) is 0 Å². The second kappa shape index (κ2) is 5.98. The van der Waals surface area contributed by atoms with Crippen molar-refractivity contribution in [1.82, 2.24) is 9.38 Å². The van der Waals surface area contributed by atoms with E-state index < -0.39 is 0 Å². The molecule has 6 nitrogen and oxygen atoms in total. The molecule has 0 unspecified atom stereocenters. The number of pyridine rings is 1. The number of ether oxygens (including phenoxy) is 1. The maximum atomic E-state index is 11.2. The Morgan fingerprint density at radius 2 is 1.75 bits per heavy atom. The summed E-state index contributed by atoms with van der Waals surface area (Å²) in [6, 6.07) is 12.3. The summed E-state index contributed by atoms with van der Waals surface area (Å²) in [5.74, 6) is 0.254. The smallest absolute Gasteiger partial charge is 0.170 e. The molecule has 3 aromatic rings. The molecular formula is C18H18N4O2. The number of fused-ring (bicyclic) bond motifs is 1. The van der Waals surface area contributed by atoms with Crippen molar-refractivity contribution in [3.63, 3.8) is 0 Å². The lowest BCUT2D eigenvalue weighted by Crippen LogP contribution is -2.36. The highest BCUT2D eigenvalue weighted by Gasteiger charge is 2.12. The molecule has 1 aliphatic rings. The number of aldehydes is 1. The van der Waals surface area contributed by atoms with E-state index in [0.717, 1.165) is 43.7 Å². The van der Waals surface area contributed by atoms with Crippen LogP contribution >= 0.6 is 0 Å². The van der Waals surface area contributed by atoms with Gasteiger partial charge in [-0.05, 0) is 35.4 Å². The first kappa shape index (κ1) is 14.7. The third-order valence-corrected chi connectivity index (χ3v) is 4.37. The maximum Gasteiger partial charge on any atom is 0.170 e. The molecule has 1 aliphatic heterocycles. The number of hydrogen-bond acceptors (Lipinski definition) is 5. The maximum absolute atomic E-state index is 11.2. The van der Waals surface area contributed by atoms with Crippen LogP contribution in [0, 0.1) is 0 Å². The van der Waals surface area contributed by atoms with Crippen molar-refractivity contribution in [3.05, 3.63) is 48.3 Å². The fraction of sp³-hybridized carbons (Fsp3) is 0.222. The van der Waals surface area contributed by atoms with Gasteiger partial charge in [0.1, 0.15) is 11.3 Å². The monoisotopic (exact) mass is 322 g/mol. The molecule has 1 fully saturated rings. The predicted molar refractivity (Wildman–Crippen MR) is 93.5 cm³/mol. The minimum atomic E-state index is 0.254. The van der Waals surface area contributed by atoms with Crippen LogP contribution in [-0.4, -0.2) is 42.0 Å². The first-order valence-electron chi connectivity index (χ1n) is 7.92. The molecule has 2 aromatic heterocycles. The number of rotatable bonds is 3. The van der Waals surface area contributed by atoms with E-state index in [1.54, 1.807) is 4.40 Å². The van der Waals surface area contributed by atoms with E-state index in [-0.39, 0.29) is 5.82 Å². The fourth-order valence-electron chi connectivity index (χ4n) is 3.06. The molecule has 0 atom stereocenters. The Morgan fingerprint density at radius 1 is 1.04 bits per heavy atom. The molecule has 2 N–H and O–H groups in total. The van der Waals surface area contributed by atoms with E-state index in [1.807, 2.05) is 18.3 Å². The molecule has 0 radical (unpaired) electrons. The summed E-state index contributed by atoms with van der Waals surface area (Å²) in [5.41, 5.74) is 10.1. The molecule has 3 heterocycles. The van der Waals surface area contributed by atoms with Crippen molar-refractivity contribution < 1.29 is 9.53 Å².